The van der Waals surface area contributed by atoms with Crippen molar-refractivity contribution in [3.63, 3.8) is 0 Å². The standard InChI is InChI=1S/C21H19N3O/c1-14(16-6-4-3-5-7-16)24-15(2)23-19-10-8-17(12-20(19)24)18-9-11-21(25)22-13-18/h3-14H,1-2H3,(H,22,25)/t14-/m0/s1. The van der Waals surface area contributed by atoms with Gasteiger partial charge < -0.3 is 9.55 Å². The third kappa shape index (κ3) is 2.76. The van der Waals surface area contributed by atoms with E-state index in [2.05, 4.69) is 46.8 Å². The largest absolute Gasteiger partial charge is 0.328 e. The number of H-pyrrole nitrogens is 1. The van der Waals surface area contributed by atoms with Gasteiger partial charge in [0.25, 0.3) is 0 Å². The molecule has 0 fully saturated rings. The van der Waals surface area contributed by atoms with Crippen LogP contribution in [0.15, 0.2) is 71.7 Å². The predicted octanol–water partition coefficient (Wildman–Crippen LogP) is 4.31. The summed E-state index contributed by atoms with van der Waals surface area (Å²) in [6.07, 6.45) is 1.75. The van der Waals surface area contributed by atoms with Crippen LogP contribution < -0.4 is 5.56 Å². The number of benzene rings is 2. The molecule has 0 radical (unpaired) electrons. The van der Waals surface area contributed by atoms with Crippen LogP contribution in [0.3, 0.4) is 0 Å². The Kier molecular flexibility index (Phi) is 3.73. The summed E-state index contributed by atoms with van der Waals surface area (Å²) in [4.78, 5) is 18.7. The van der Waals surface area contributed by atoms with Crippen molar-refractivity contribution in [2.24, 2.45) is 0 Å². The van der Waals surface area contributed by atoms with Crippen LogP contribution in [-0.4, -0.2) is 14.5 Å². The fraction of sp³-hybridized carbons (Fsp3) is 0.143. The van der Waals surface area contributed by atoms with Gasteiger partial charge in [-0.3, -0.25) is 4.79 Å². The Hall–Kier alpha value is -3.14. The molecule has 0 spiro atoms. The molecule has 4 rings (SSSR count). The fourth-order valence-electron chi connectivity index (χ4n) is 3.35. The molecule has 4 nitrogen and oxygen atoms in total. The molecule has 0 bridgehead atoms. The van der Waals surface area contributed by atoms with E-state index in [1.165, 1.54) is 5.56 Å². The van der Waals surface area contributed by atoms with Crippen LogP contribution in [0.25, 0.3) is 22.2 Å². The number of pyridine rings is 1. The minimum atomic E-state index is -0.0941. The number of aryl methyl sites for hydroxylation is 1. The van der Waals surface area contributed by atoms with Crippen LogP contribution >= 0.6 is 0 Å². The van der Waals surface area contributed by atoms with Crippen molar-refractivity contribution >= 4 is 11.0 Å². The highest BCUT2D eigenvalue weighted by molar-refractivity contribution is 5.82. The molecule has 2 heterocycles. The van der Waals surface area contributed by atoms with Crippen molar-refractivity contribution in [3.05, 3.63) is 88.6 Å². The minimum absolute atomic E-state index is 0.0941. The van der Waals surface area contributed by atoms with Gasteiger partial charge in [-0.2, -0.15) is 0 Å². The zero-order valence-electron chi connectivity index (χ0n) is 14.2. The van der Waals surface area contributed by atoms with E-state index in [4.69, 9.17) is 4.98 Å². The molecular weight excluding hydrogens is 310 g/mol. The Labute approximate surface area is 145 Å². The van der Waals surface area contributed by atoms with E-state index in [1.54, 1.807) is 12.3 Å². The highest BCUT2D eigenvalue weighted by Crippen LogP contribution is 2.29. The quantitative estimate of drug-likeness (QED) is 0.609. The summed E-state index contributed by atoms with van der Waals surface area (Å²) in [5.74, 6) is 0.991. The van der Waals surface area contributed by atoms with Gasteiger partial charge in [0.15, 0.2) is 0 Å². The molecule has 124 valence electrons. The third-order valence-electron chi connectivity index (χ3n) is 4.65. The topological polar surface area (TPSA) is 50.7 Å². The summed E-state index contributed by atoms with van der Waals surface area (Å²) in [5, 5.41) is 0. The molecule has 0 aliphatic heterocycles. The summed E-state index contributed by atoms with van der Waals surface area (Å²) in [7, 11) is 0. The Bertz CT molecular complexity index is 1070. The number of hydrogen-bond acceptors (Lipinski definition) is 2. The molecule has 2 aromatic heterocycles. The van der Waals surface area contributed by atoms with Gasteiger partial charge in [0.2, 0.25) is 5.56 Å². The molecule has 0 aliphatic carbocycles. The number of imidazole rings is 1. The average Bonchev–Trinajstić information content (AvgIpc) is 2.97. The first-order valence-corrected chi connectivity index (χ1v) is 8.36. The SMILES string of the molecule is Cc1nc2ccc(-c3ccc(=O)[nH]c3)cc2n1[C@@H](C)c1ccccc1. The van der Waals surface area contributed by atoms with E-state index in [-0.39, 0.29) is 11.6 Å². The second kappa shape index (κ2) is 6.06. The molecule has 4 aromatic rings. The maximum absolute atomic E-state index is 11.3. The van der Waals surface area contributed by atoms with Gasteiger partial charge in [-0.05, 0) is 48.7 Å². The summed E-state index contributed by atoms with van der Waals surface area (Å²) in [6.45, 7) is 4.23. The Morgan fingerprint density at radius 3 is 2.48 bits per heavy atom. The summed E-state index contributed by atoms with van der Waals surface area (Å²) < 4.78 is 2.26. The lowest BCUT2D eigenvalue weighted by Crippen LogP contribution is -2.08. The number of nitrogens with zero attached hydrogens (tertiary/aromatic N) is 2. The highest BCUT2D eigenvalue weighted by atomic mass is 16.1. The van der Waals surface area contributed by atoms with Crippen LogP contribution in [0.1, 0.15) is 24.4 Å². The first-order valence-electron chi connectivity index (χ1n) is 8.36. The van der Waals surface area contributed by atoms with E-state index >= 15 is 0 Å². The van der Waals surface area contributed by atoms with Gasteiger partial charge in [0.1, 0.15) is 5.82 Å². The van der Waals surface area contributed by atoms with Gasteiger partial charge in [0.05, 0.1) is 17.1 Å². The van der Waals surface area contributed by atoms with Gasteiger partial charge in [0, 0.05) is 12.3 Å². The van der Waals surface area contributed by atoms with Crippen molar-refractivity contribution in [3.8, 4) is 11.1 Å². The van der Waals surface area contributed by atoms with Crippen LogP contribution in [0.5, 0.6) is 0 Å². The van der Waals surface area contributed by atoms with Gasteiger partial charge in [-0.25, -0.2) is 4.98 Å². The maximum Gasteiger partial charge on any atom is 0.247 e. The van der Waals surface area contributed by atoms with Crippen molar-refractivity contribution in [2.45, 2.75) is 19.9 Å². The van der Waals surface area contributed by atoms with Crippen LogP contribution in [0, 0.1) is 6.92 Å². The summed E-state index contributed by atoms with van der Waals surface area (Å²) >= 11 is 0. The van der Waals surface area contributed by atoms with Gasteiger partial charge in [-0.1, -0.05) is 36.4 Å². The van der Waals surface area contributed by atoms with E-state index < -0.39 is 0 Å². The lowest BCUT2D eigenvalue weighted by Gasteiger charge is -2.17. The van der Waals surface area contributed by atoms with Gasteiger partial charge >= 0.3 is 0 Å². The number of nitrogens with one attached hydrogen (secondary N) is 1. The summed E-state index contributed by atoms with van der Waals surface area (Å²) in [5.41, 5.74) is 5.28. The molecule has 0 aliphatic rings. The predicted molar refractivity (Wildman–Crippen MR) is 101 cm³/mol. The van der Waals surface area contributed by atoms with Crippen molar-refractivity contribution in [1.29, 1.82) is 0 Å². The Morgan fingerprint density at radius 1 is 1.00 bits per heavy atom. The number of hydrogen-bond donors (Lipinski definition) is 1. The number of fused-ring (bicyclic) bond motifs is 1. The lowest BCUT2D eigenvalue weighted by atomic mass is 10.1. The smallest absolute Gasteiger partial charge is 0.247 e. The van der Waals surface area contributed by atoms with Crippen molar-refractivity contribution in [2.75, 3.05) is 0 Å². The third-order valence-corrected chi connectivity index (χ3v) is 4.65. The first kappa shape index (κ1) is 15.4. The number of aromatic nitrogens is 3. The number of aromatic amines is 1. The normalized spacial score (nSPS) is 12.4. The van der Waals surface area contributed by atoms with Crippen molar-refractivity contribution in [1.82, 2.24) is 14.5 Å². The van der Waals surface area contributed by atoms with E-state index in [9.17, 15) is 4.79 Å². The second-order valence-electron chi connectivity index (χ2n) is 6.26. The fourth-order valence-corrected chi connectivity index (χ4v) is 3.35. The molecule has 0 amide bonds. The van der Waals surface area contributed by atoms with E-state index in [1.807, 2.05) is 31.2 Å². The van der Waals surface area contributed by atoms with Crippen LogP contribution in [-0.2, 0) is 0 Å². The molecular formula is C21H19N3O. The Morgan fingerprint density at radius 2 is 1.76 bits per heavy atom. The van der Waals surface area contributed by atoms with E-state index in [0.717, 1.165) is 28.0 Å². The van der Waals surface area contributed by atoms with Crippen LogP contribution in [0.2, 0.25) is 0 Å². The molecule has 2 aromatic carbocycles. The zero-order valence-corrected chi connectivity index (χ0v) is 14.2. The number of rotatable bonds is 3. The molecule has 0 saturated carbocycles. The monoisotopic (exact) mass is 329 g/mol. The molecule has 4 heteroatoms. The van der Waals surface area contributed by atoms with Gasteiger partial charge in [-0.15, -0.1) is 0 Å². The lowest BCUT2D eigenvalue weighted by molar-refractivity contribution is 0.637. The highest BCUT2D eigenvalue weighted by Gasteiger charge is 2.15. The minimum Gasteiger partial charge on any atom is -0.328 e. The van der Waals surface area contributed by atoms with E-state index in [0.29, 0.717) is 0 Å². The Balaban J connectivity index is 1.87. The molecule has 1 atom stereocenters. The molecule has 0 saturated heterocycles. The van der Waals surface area contributed by atoms with Crippen molar-refractivity contribution < 1.29 is 0 Å². The molecule has 1 N–H and O–H groups in total. The molecule has 25 heavy (non-hydrogen) atoms. The van der Waals surface area contributed by atoms with Crippen LogP contribution in [0.4, 0.5) is 0 Å². The second-order valence-corrected chi connectivity index (χ2v) is 6.26. The molecule has 0 unspecified atom stereocenters. The zero-order chi connectivity index (χ0) is 17.4. The maximum atomic E-state index is 11.3. The first-order chi connectivity index (χ1) is 12.1. The summed E-state index contributed by atoms with van der Waals surface area (Å²) in [6, 6.07) is 20.2. The average molecular weight is 329 g/mol.